The summed E-state index contributed by atoms with van der Waals surface area (Å²) in [6, 6.07) is 0.103. The van der Waals surface area contributed by atoms with Crippen LogP contribution in [0.1, 0.15) is 25.6 Å². The molecule has 2 N–H and O–H groups in total. The lowest BCUT2D eigenvalue weighted by molar-refractivity contribution is 0.505. The fourth-order valence-electron chi connectivity index (χ4n) is 0.728. The number of rotatable bonds is 2. The standard InChI is InChI=1S/C7H12N2S/c1-5(2)7(8)6-3-10-4-9-6/h3-5,7H,8H2,1-2H3/t7-/m0/s1. The van der Waals surface area contributed by atoms with Crippen LogP contribution < -0.4 is 5.73 Å². The molecule has 0 aliphatic carbocycles. The highest BCUT2D eigenvalue weighted by Gasteiger charge is 2.10. The van der Waals surface area contributed by atoms with Crippen LogP contribution in [0, 0.1) is 5.92 Å². The van der Waals surface area contributed by atoms with Crippen molar-refractivity contribution in [2.45, 2.75) is 19.9 Å². The van der Waals surface area contributed by atoms with E-state index < -0.39 is 0 Å². The number of hydrogen-bond donors (Lipinski definition) is 1. The first kappa shape index (κ1) is 7.69. The second-order valence-corrected chi connectivity index (χ2v) is 3.40. The molecule has 0 radical (unpaired) electrons. The van der Waals surface area contributed by atoms with E-state index in [-0.39, 0.29) is 6.04 Å². The van der Waals surface area contributed by atoms with E-state index in [2.05, 4.69) is 18.8 Å². The Labute approximate surface area is 65.1 Å². The molecule has 0 saturated carbocycles. The summed E-state index contributed by atoms with van der Waals surface area (Å²) in [5.41, 5.74) is 8.66. The minimum Gasteiger partial charge on any atom is -0.322 e. The van der Waals surface area contributed by atoms with Crippen LogP contribution in [0.3, 0.4) is 0 Å². The van der Waals surface area contributed by atoms with Crippen LogP contribution in [0.5, 0.6) is 0 Å². The van der Waals surface area contributed by atoms with Crippen LogP contribution in [0.25, 0.3) is 0 Å². The lowest BCUT2D eigenvalue weighted by atomic mass is 10.0. The van der Waals surface area contributed by atoms with Crippen molar-refractivity contribution in [1.82, 2.24) is 4.98 Å². The maximum Gasteiger partial charge on any atom is 0.0795 e. The maximum atomic E-state index is 5.83. The van der Waals surface area contributed by atoms with E-state index in [0.717, 1.165) is 5.69 Å². The van der Waals surface area contributed by atoms with Gasteiger partial charge < -0.3 is 5.73 Å². The molecule has 1 rings (SSSR count). The van der Waals surface area contributed by atoms with Crippen LogP contribution >= 0.6 is 11.3 Å². The molecule has 10 heavy (non-hydrogen) atoms. The molecule has 0 aliphatic rings. The highest BCUT2D eigenvalue weighted by atomic mass is 32.1. The fourth-order valence-corrected chi connectivity index (χ4v) is 1.33. The third-order valence-corrected chi connectivity index (χ3v) is 2.12. The predicted octanol–water partition coefficient (Wildman–Crippen LogP) is 1.80. The SMILES string of the molecule is CC(C)[C@H](N)c1cscn1. The van der Waals surface area contributed by atoms with Gasteiger partial charge in [-0.2, -0.15) is 0 Å². The van der Waals surface area contributed by atoms with Gasteiger partial charge in [0.05, 0.1) is 17.2 Å². The van der Waals surface area contributed by atoms with Crippen molar-refractivity contribution in [3.63, 3.8) is 0 Å². The van der Waals surface area contributed by atoms with E-state index in [1.807, 2.05) is 10.9 Å². The molecular formula is C7H12N2S. The maximum absolute atomic E-state index is 5.83. The van der Waals surface area contributed by atoms with Crippen molar-refractivity contribution in [2.24, 2.45) is 11.7 Å². The molecule has 2 nitrogen and oxygen atoms in total. The summed E-state index contributed by atoms with van der Waals surface area (Å²) in [4.78, 5) is 4.13. The van der Waals surface area contributed by atoms with E-state index in [1.165, 1.54) is 0 Å². The zero-order chi connectivity index (χ0) is 7.56. The van der Waals surface area contributed by atoms with Gasteiger partial charge in [0, 0.05) is 5.38 Å². The molecule has 0 amide bonds. The van der Waals surface area contributed by atoms with Gasteiger partial charge >= 0.3 is 0 Å². The van der Waals surface area contributed by atoms with Crippen molar-refractivity contribution in [2.75, 3.05) is 0 Å². The van der Waals surface area contributed by atoms with E-state index >= 15 is 0 Å². The summed E-state index contributed by atoms with van der Waals surface area (Å²) < 4.78 is 0. The molecule has 0 unspecified atom stereocenters. The molecular weight excluding hydrogens is 144 g/mol. The molecule has 0 spiro atoms. The fraction of sp³-hybridized carbons (Fsp3) is 0.571. The summed E-state index contributed by atoms with van der Waals surface area (Å²) in [7, 11) is 0. The van der Waals surface area contributed by atoms with Crippen molar-refractivity contribution < 1.29 is 0 Å². The molecule has 1 aromatic rings. The number of thiazole rings is 1. The van der Waals surface area contributed by atoms with Crippen LogP contribution in [-0.4, -0.2) is 4.98 Å². The van der Waals surface area contributed by atoms with Gasteiger partial charge in [0.1, 0.15) is 0 Å². The second kappa shape index (κ2) is 3.12. The second-order valence-electron chi connectivity index (χ2n) is 2.68. The van der Waals surface area contributed by atoms with E-state index in [9.17, 15) is 0 Å². The third kappa shape index (κ3) is 1.55. The van der Waals surface area contributed by atoms with Crippen LogP contribution in [0.2, 0.25) is 0 Å². The Morgan fingerprint density at radius 1 is 1.60 bits per heavy atom. The average Bonchev–Trinajstić information content (AvgIpc) is 2.36. The van der Waals surface area contributed by atoms with Gasteiger partial charge in [-0.3, -0.25) is 0 Å². The Balaban J connectivity index is 2.68. The van der Waals surface area contributed by atoms with Gasteiger partial charge in [-0.15, -0.1) is 11.3 Å². The van der Waals surface area contributed by atoms with Gasteiger partial charge in [-0.1, -0.05) is 13.8 Å². The van der Waals surface area contributed by atoms with Gasteiger partial charge in [-0.05, 0) is 5.92 Å². The van der Waals surface area contributed by atoms with Gasteiger partial charge in [0.2, 0.25) is 0 Å². The Bertz CT molecular complexity index is 181. The summed E-state index contributed by atoms with van der Waals surface area (Å²) in [5, 5.41) is 2.00. The first-order valence-corrected chi connectivity index (χ1v) is 4.29. The van der Waals surface area contributed by atoms with Crippen LogP contribution in [0.15, 0.2) is 10.9 Å². The van der Waals surface area contributed by atoms with E-state index in [1.54, 1.807) is 11.3 Å². The molecule has 0 aromatic carbocycles. The van der Waals surface area contributed by atoms with Crippen molar-refractivity contribution in [3.05, 3.63) is 16.6 Å². The summed E-state index contributed by atoms with van der Waals surface area (Å²) >= 11 is 1.59. The molecule has 0 aliphatic heterocycles. The first-order valence-electron chi connectivity index (χ1n) is 3.35. The van der Waals surface area contributed by atoms with E-state index in [4.69, 9.17) is 5.73 Å². The molecule has 1 aromatic heterocycles. The lowest BCUT2D eigenvalue weighted by Crippen LogP contribution is -2.16. The number of aromatic nitrogens is 1. The number of hydrogen-bond acceptors (Lipinski definition) is 3. The molecule has 0 fully saturated rings. The Morgan fingerprint density at radius 2 is 2.30 bits per heavy atom. The number of nitrogens with two attached hydrogens (primary N) is 1. The Morgan fingerprint density at radius 3 is 2.70 bits per heavy atom. The van der Waals surface area contributed by atoms with Crippen molar-refractivity contribution in [1.29, 1.82) is 0 Å². The zero-order valence-electron chi connectivity index (χ0n) is 6.24. The molecule has 0 saturated heterocycles. The smallest absolute Gasteiger partial charge is 0.0795 e. The van der Waals surface area contributed by atoms with Gasteiger partial charge in [0.15, 0.2) is 0 Å². The minimum absolute atomic E-state index is 0.103. The summed E-state index contributed by atoms with van der Waals surface area (Å²) in [6.07, 6.45) is 0. The molecule has 1 atom stereocenters. The summed E-state index contributed by atoms with van der Waals surface area (Å²) in [5.74, 6) is 0.474. The highest BCUT2D eigenvalue weighted by molar-refractivity contribution is 7.07. The minimum atomic E-state index is 0.103. The zero-order valence-corrected chi connectivity index (χ0v) is 7.06. The van der Waals surface area contributed by atoms with Gasteiger partial charge in [-0.25, -0.2) is 4.98 Å². The van der Waals surface area contributed by atoms with Crippen LogP contribution in [-0.2, 0) is 0 Å². The lowest BCUT2D eigenvalue weighted by Gasteiger charge is -2.11. The average molecular weight is 156 g/mol. The summed E-state index contributed by atoms with van der Waals surface area (Å²) in [6.45, 7) is 4.20. The van der Waals surface area contributed by atoms with Crippen molar-refractivity contribution in [3.8, 4) is 0 Å². The third-order valence-electron chi connectivity index (χ3n) is 1.51. The predicted molar refractivity (Wildman–Crippen MR) is 43.9 cm³/mol. The largest absolute Gasteiger partial charge is 0.322 e. The number of nitrogens with zero attached hydrogens (tertiary/aromatic N) is 1. The van der Waals surface area contributed by atoms with Gasteiger partial charge in [0.25, 0.3) is 0 Å². The normalized spacial score (nSPS) is 14.0. The Hall–Kier alpha value is -0.410. The highest BCUT2D eigenvalue weighted by Crippen LogP contribution is 2.17. The Kier molecular flexibility index (Phi) is 2.40. The van der Waals surface area contributed by atoms with E-state index in [0.29, 0.717) is 5.92 Å². The van der Waals surface area contributed by atoms with Crippen molar-refractivity contribution >= 4 is 11.3 Å². The molecule has 56 valence electrons. The molecule has 3 heteroatoms. The quantitative estimate of drug-likeness (QED) is 0.709. The topological polar surface area (TPSA) is 38.9 Å². The molecule has 0 bridgehead atoms. The monoisotopic (exact) mass is 156 g/mol. The van der Waals surface area contributed by atoms with Crippen LogP contribution in [0.4, 0.5) is 0 Å². The first-order chi connectivity index (χ1) is 4.72. The molecule has 1 heterocycles.